The fraction of sp³-hybridized carbons (Fsp3) is 0.250. The molecule has 1 atom stereocenters. The third-order valence-corrected chi connectivity index (χ3v) is 6.48. The quantitative estimate of drug-likeness (QED) is 0.433. The number of rotatable bonds is 7. The molecule has 3 aromatic carbocycles. The number of ether oxygens (including phenoxy) is 1. The molecule has 0 spiro atoms. The van der Waals surface area contributed by atoms with Crippen LogP contribution in [0.15, 0.2) is 72.8 Å². The molecule has 178 valence electrons. The molecule has 7 heteroatoms. The van der Waals surface area contributed by atoms with Crippen LogP contribution in [0.1, 0.15) is 24.7 Å². The number of amides is 2. The largest absolute Gasteiger partial charge is 0.482 e. The predicted molar refractivity (Wildman–Crippen MR) is 137 cm³/mol. The van der Waals surface area contributed by atoms with Crippen LogP contribution < -0.4 is 15.0 Å². The Hall–Kier alpha value is -4.13. The fourth-order valence-corrected chi connectivity index (χ4v) is 4.60. The Labute approximate surface area is 204 Å². The van der Waals surface area contributed by atoms with E-state index in [9.17, 15) is 9.59 Å². The van der Waals surface area contributed by atoms with E-state index < -0.39 is 6.04 Å². The topological polar surface area (TPSA) is 76.5 Å². The van der Waals surface area contributed by atoms with Gasteiger partial charge in [-0.3, -0.25) is 14.5 Å². The monoisotopic (exact) mass is 468 g/mol. The molecular formula is C28H28N4O3. The van der Waals surface area contributed by atoms with Crippen molar-refractivity contribution in [2.45, 2.75) is 32.2 Å². The first-order valence-electron chi connectivity index (χ1n) is 11.9. The maximum absolute atomic E-state index is 13.2. The maximum Gasteiger partial charge on any atom is 0.265 e. The zero-order valence-corrected chi connectivity index (χ0v) is 19.9. The van der Waals surface area contributed by atoms with Crippen molar-refractivity contribution in [1.29, 1.82) is 0 Å². The number of imidazole rings is 1. The van der Waals surface area contributed by atoms with Crippen LogP contribution in [0.5, 0.6) is 5.75 Å². The highest BCUT2D eigenvalue weighted by molar-refractivity contribution is 6.07. The van der Waals surface area contributed by atoms with Gasteiger partial charge >= 0.3 is 0 Å². The Balaban J connectivity index is 1.25. The summed E-state index contributed by atoms with van der Waals surface area (Å²) in [4.78, 5) is 32.1. The first kappa shape index (κ1) is 22.7. The normalized spacial score (nSPS) is 13.9. The van der Waals surface area contributed by atoms with Gasteiger partial charge in [0, 0.05) is 19.2 Å². The van der Waals surface area contributed by atoms with Gasteiger partial charge in [0.15, 0.2) is 6.61 Å². The molecule has 0 saturated carbocycles. The van der Waals surface area contributed by atoms with E-state index in [4.69, 9.17) is 9.72 Å². The molecule has 1 aliphatic heterocycles. The summed E-state index contributed by atoms with van der Waals surface area (Å²) in [5.41, 5.74) is 4.64. The molecule has 2 heterocycles. The van der Waals surface area contributed by atoms with E-state index in [0.29, 0.717) is 23.5 Å². The molecule has 0 saturated heterocycles. The van der Waals surface area contributed by atoms with E-state index in [2.05, 4.69) is 16.0 Å². The minimum absolute atomic E-state index is 0.0684. The lowest BCUT2D eigenvalue weighted by Gasteiger charge is -2.34. The molecule has 1 aliphatic rings. The summed E-state index contributed by atoms with van der Waals surface area (Å²) in [7, 11) is 2.05. The summed E-state index contributed by atoms with van der Waals surface area (Å²) in [5.74, 6) is 1.22. The number of carbonyl (C=O) groups is 2. The van der Waals surface area contributed by atoms with Gasteiger partial charge in [0.1, 0.15) is 17.6 Å². The highest BCUT2D eigenvalue weighted by atomic mass is 16.5. The number of nitrogens with zero attached hydrogens (tertiary/aromatic N) is 3. The number of aromatic nitrogens is 2. The number of benzene rings is 3. The molecule has 0 radical (unpaired) electrons. The van der Waals surface area contributed by atoms with Crippen LogP contribution in [0.3, 0.4) is 0 Å². The van der Waals surface area contributed by atoms with Crippen LogP contribution in [-0.4, -0.2) is 34.0 Å². The molecule has 0 unspecified atom stereocenters. The number of hydrogen-bond donors (Lipinski definition) is 1. The van der Waals surface area contributed by atoms with Gasteiger partial charge in [0.2, 0.25) is 5.91 Å². The average molecular weight is 469 g/mol. The van der Waals surface area contributed by atoms with Crippen LogP contribution in [0.25, 0.3) is 11.0 Å². The average Bonchev–Trinajstić information content (AvgIpc) is 3.21. The van der Waals surface area contributed by atoms with Gasteiger partial charge in [-0.25, -0.2) is 4.98 Å². The summed E-state index contributed by atoms with van der Waals surface area (Å²) in [6, 6.07) is 22.7. The zero-order valence-electron chi connectivity index (χ0n) is 19.9. The van der Waals surface area contributed by atoms with Crippen LogP contribution in [0, 0.1) is 0 Å². The van der Waals surface area contributed by atoms with Crippen molar-refractivity contribution in [3.05, 3.63) is 84.2 Å². The van der Waals surface area contributed by atoms with Crippen LogP contribution in [-0.2, 0) is 29.5 Å². The van der Waals surface area contributed by atoms with Gasteiger partial charge in [-0.05, 0) is 54.8 Å². The predicted octanol–water partition coefficient (Wildman–Crippen LogP) is 4.50. The van der Waals surface area contributed by atoms with Crippen molar-refractivity contribution in [3.63, 3.8) is 0 Å². The van der Waals surface area contributed by atoms with Gasteiger partial charge in [0.25, 0.3) is 5.91 Å². The van der Waals surface area contributed by atoms with Crippen LogP contribution in [0.4, 0.5) is 11.4 Å². The third kappa shape index (κ3) is 4.49. The third-order valence-electron chi connectivity index (χ3n) is 6.48. The Morgan fingerprint density at radius 1 is 1.03 bits per heavy atom. The van der Waals surface area contributed by atoms with Gasteiger partial charge in [-0.2, -0.15) is 0 Å². The van der Waals surface area contributed by atoms with E-state index in [1.165, 1.54) is 5.56 Å². The van der Waals surface area contributed by atoms with Gasteiger partial charge in [-0.1, -0.05) is 43.3 Å². The number of carbonyl (C=O) groups excluding carboxylic acids is 2. The van der Waals surface area contributed by atoms with Crippen molar-refractivity contribution in [1.82, 2.24) is 9.55 Å². The van der Waals surface area contributed by atoms with Crippen LogP contribution >= 0.6 is 0 Å². The minimum atomic E-state index is -0.621. The molecule has 2 amide bonds. The van der Waals surface area contributed by atoms with Crippen molar-refractivity contribution in [2.24, 2.45) is 7.05 Å². The summed E-state index contributed by atoms with van der Waals surface area (Å²) in [6.07, 6.45) is 2.16. The highest BCUT2D eigenvalue weighted by Gasteiger charge is 2.34. The number of hydrogen-bond acceptors (Lipinski definition) is 4. The Morgan fingerprint density at radius 3 is 2.54 bits per heavy atom. The first-order valence-corrected chi connectivity index (χ1v) is 11.9. The number of nitrogens with one attached hydrogen (secondary N) is 1. The van der Waals surface area contributed by atoms with Crippen molar-refractivity contribution >= 4 is 34.2 Å². The van der Waals surface area contributed by atoms with Crippen LogP contribution in [0.2, 0.25) is 0 Å². The standard InChI is InChI=1S/C28H28N4O3/c1-3-22(32-24-10-6-7-11-25(24)35-18-27(32)33)28(34)29-20-15-12-19(13-16-20)14-17-26-30-21-8-4-5-9-23(21)31(26)2/h4-13,15-16,22H,3,14,17-18H2,1-2H3,(H,29,34)/t22-/m0/s1. The molecule has 35 heavy (non-hydrogen) atoms. The van der Waals surface area contributed by atoms with Crippen molar-refractivity contribution in [3.8, 4) is 5.75 Å². The highest BCUT2D eigenvalue weighted by Crippen LogP contribution is 2.33. The Kier molecular flexibility index (Phi) is 6.23. The Bertz CT molecular complexity index is 1380. The Morgan fingerprint density at radius 2 is 1.77 bits per heavy atom. The van der Waals surface area contributed by atoms with Gasteiger partial charge in [-0.15, -0.1) is 0 Å². The summed E-state index contributed by atoms with van der Waals surface area (Å²) in [5, 5.41) is 2.98. The van der Waals surface area contributed by atoms with Gasteiger partial charge in [0.05, 0.1) is 16.7 Å². The lowest BCUT2D eigenvalue weighted by atomic mass is 10.1. The first-order chi connectivity index (χ1) is 17.0. The SMILES string of the molecule is CC[C@@H](C(=O)Nc1ccc(CCc2nc3ccccc3n2C)cc1)N1C(=O)COc2ccccc21. The molecule has 7 nitrogen and oxygen atoms in total. The molecule has 4 aromatic rings. The molecule has 0 fully saturated rings. The smallest absolute Gasteiger partial charge is 0.265 e. The molecule has 1 N–H and O–H groups in total. The second-order valence-electron chi connectivity index (χ2n) is 8.71. The van der Waals surface area contributed by atoms with E-state index >= 15 is 0 Å². The zero-order chi connectivity index (χ0) is 24.4. The van der Waals surface area contributed by atoms with Crippen molar-refractivity contribution < 1.29 is 14.3 Å². The lowest BCUT2D eigenvalue weighted by Crippen LogP contribution is -2.51. The lowest BCUT2D eigenvalue weighted by molar-refractivity contribution is -0.125. The van der Waals surface area contributed by atoms with E-state index in [1.807, 2.05) is 80.7 Å². The second-order valence-corrected chi connectivity index (χ2v) is 8.71. The molecule has 0 bridgehead atoms. The molecular weight excluding hydrogens is 440 g/mol. The summed E-state index contributed by atoms with van der Waals surface area (Å²) >= 11 is 0. The van der Waals surface area contributed by atoms with Crippen molar-refractivity contribution in [2.75, 3.05) is 16.8 Å². The van der Waals surface area contributed by atoms with Gasteiger partial charge < -0.3 is 14.6 Å². The van der Waals surface area contributed by atoms with E-state index in [-0.39, 0.29) is 18.4 Å². The molecule has 0 aliphatic carbocycles. The fourth-order valence-electron chi connectivity index (χ4n) is 4.60. The number of anilines is 2. The maximum atomic E-state index is 13.2. The number of aryl methyl sites for hydroxylation is 3. The van der Waals surface area contributed by atoms with E-state index in [1.54, 1.807) is 4.90 Å². The summed E-state index contributed by atoms with van der Waals surface area (Å²) < 4.78 is 7.66. The summed E-state index contributed by atoms with van der Waals surface area (Å²) in [6.45, 7) is 1.83. The minimum Gasteiger partial charge on any atom is -0.482 e. The van der Waals surface area contributed by atoms with E-state index in [0.717, 1.165) is 29.7 Å². The molecule has 1 aromatic heterocycles. The number of fused-ring (bicyclic) bond motifs is 2. The molecule has 5 rings (SSSR count). The number of para-hydroxylation sites is 4. The second kappa shape index (κ2) is 9.62.